The van der Waals surface area contributed by atoms with Crippen LogP contribution in [0, 0.1) is 0 Å². The fourth-order valence-corrected chi connectivity index (χ4v) is 5.20. The van der Waals surface area contributed by atoms with E-state index in [2.05, 4.69) is 39.9 Å². The lowest BCUT2D eigenvalue weighted by molar-refractivity contribution is 0.0374. The molecular formula is C26H22BrNO2. The Morgan fingerprint density at radius 2 is 1.70 bits per heavy atom. The molecule has 3 aromatic carbocycles. The molecular weight excluding hydrogens is 438 g/mol. The van der Waals surface area contributed by atoms with E-state index < -0.39 is 5.60 Å². The van der Waals surface area contributed by atoms with Crippen LogP contribution in [0.15, 0.2) is 88.9 Å². The molecule has 1 spiro atoms. The van der Waals surface area contributed by atoms with Crippen molar-refractivity contribution in [2.24, 2.45) is 0 Å². The first-order chi connectivity index (χ1) is 14.7. The molecule has 2 aliphatic heterocycles. The number of halogens is 1. The van der Waals surface area contributed by atoms with Gasteiger partial charge in [-0.25, -0.2) is 0 Å². The number of ether oxygens (including phenoxy) is 1. The molecule has 2 aliphatic rings. The van der Waals surface area contributed by atoms with Crippen LogP contribution in [0.25, 0.3) is 5.76 Å². The predicted molar refractivity (Wildman–Crippen MR) is 124 cm³/mol. The standard InChI is InChI=1S/C26H22BrNO2/c1-2-16-28-17-26(20-14-9-15-21(27)23(20)28)22(24(29)18-10-5-3-6-11-18)25(30-26)19-12-7-4-8-13-19/h3-15H,2,16-17H2,1H3/t26-/m1/s1. The van der Waals surface area contributed by atoms with Crippen molar-refractivity contribution < 1.29 is 9.53 Å². The van der Waals surface area contributed by atoms with Crippen LogP contribution in [-0.4, -0.2) is 18.9 Å². The van der Waals surface area contributed by atoms with Crippen molar-refractivity contribution in [1.82, 2.24) is 0 Å². The van der Waals surface area contributed by atoms with Gasteiger partial charge in [0.15, 0.2) is 11.4 Å². The van der Waals surface area contributed by atoms with Crippen molar-refractivity contribution in [1.29, 1.82) is 0 Å². The number of anilines is 1. The van der Waals surface area contributed by atoms with Gasteiger partial charge >= 0.3 is 0 Å². The van der Waals surface area contributed by atoms with Gasteiger partial charge in [-0.2, -0.15) is 0 Å². The van der Waals surface area contributed by atoms with Gasteiger partial charge in [0.25, 0.3) is 0 Å². The van der Waals surface area contributed by atoms with Crippen LogP contribution in [0.5, 0.6) is 0 Å². The van der Waals surface area contributed by atoms with Gasteiger partial charge in [-0.15, -0.1) is 0 Å². The number of Topliss-reactive ketones (excluding diaryl/α,β-unsaturated/α-hetero) is 1. The molecule has 0 amide bonds. The lowest BCUT2D eigenvalue weighted by atomic mass is 9.77. The SMILES string of the molecule is CCCN1C[C@@]2(OC(c3ccccc3)=C2C(=O)c2ccccc2)c2cccc(Br)c21. The third kappa shape index (κ3) is 2.82. The molecule has 0 unspecified atom stereocenters. The smallest absolute Gasteiger partial charge is 0.197 e. The lowest BCUT2D eigenvalue weighted by Crippen LogP contribution is -2.47. The number of carbonyl (C=O) groups is 1. The summed E-state index contributed by atoms with van der Waals surface area (Å²) in [6, 6.07) is 25.6. The fraction of sp³-hybridized carbons (Fsp3) is 0.192. The van der Waals surface area contributed by atoms with Gasteiger partial charge in [0, 0.05) is 27.7 Å². The van der Waals surface area contributed by atoms with Gasteiger partial charge in [0.2, 0.25) is 0 Å². The van der Waals surface area contributed by atoms with Crippen molar-refractivity contribution >= 4 is 33.2 Å². The largest absolute Gasteiger partial charge is 0.474 e. The van der Waals surface area contributed by atoms with Crippen LogP contribution in [0.1, 0.15) is 34.8 Å². The summed E-state index contributed by atoms with van der Waals surface area (Å²) < 4.78 is 7.62. The van der Waals surface area contributed by atoms with Gasteiger partial charge in [0.1, 0.15) is 5.76 Å². The first-order valence-electron chi connectivity index (χ1n) is 10.3. The highest BCUT2D eigenvalue weighted by molar-refractivity contribution is 9.10. The Hall–Kier alpha value is -2.85. The van der Waals surface area contributed by atoms with Crippen molar-refractivity contribution in [3.8, 4) is 0 Å². The second-order valence-corrected chi connectivity index (χ2v) is 8.61. The third-order valence-corrected chi connectivity index (χ3v) is 6.49. The number of nitrogens with zero attached hydrogens (tertiary/aromatic N) is 1. The zero-order chi connectivity index (χ0) is 20.7. The minimum Gasteiger partial charge on any atom is -0.474 e. The number of rotatable bonds is 5. The number of hydrogen-bond acceptors (Lipinski definition) is 3. The normalized spacial score (nSPS) is 19.5. The molecule has 0 bridgehead atoms. The van der Waals surface area contributed by atoms with Crippen molar-refractivity contribution in [3.05, 3.63) is 106 Å². The Balaban J connectivity index is 1.71. The van der Waals surface area contributed by atoms with E-state index >= 15 is 0 Å². The Labute approximate surface area is 185 Å². The van der Waals surface area contributed by atoms with E-state index in [1.165, 1.54) is 0 Å². The van der Waals surface area contributed by atoms with Gasteiger partial charge in [0.05, 0.1) is 17.8 Å². The molecule has 30 heavy (non-hydrogen) atoms. The zero-order valence-electron chi connectivity index (χ0n) is 16.8. The summed E-state index contributed by atoms with van der Waals surface area (Å²) in [6.07, 6.45) is 1.02. The van der Waals surface area contributed by atoms with Gasteiger partial charge in [-0.05, 0) is 28.4 Å². The molecule has 0 radical (unpaired) electrons. The molecule has 3 nitrogen and oxygen atoms in total. The summed E-state index contributed by atoms with van der Waals surface area (Å²) in [6.45, 7) is 3.72. The summed E-state index contributed by atoms with van der Waals surface area (Å²) in [5.74, 6) is 0.721. The number of carbonyl (C=O) groups excluding carboxylic acids is 1. The molecule has 0 saturated heterocycles. The van der Waals surface area contributed by atoms with Crippen LogP contribution < -0.4 is 4.90 Å². The summed E-state index contributed by atoms with van der Waals surface area (Å²) in [5.41, 5.74) is 3.82. The molecule has 2 heterocycles. The maximum atomic E-state index is 13.8. The average molecular weight is 460 g/mol. The van der Waals surface area contributed by atoms with Crippen molar-refractivity contribution in [3.63, 3.8) is 0 Å². The summed E-state index contributed by atoms with van der Waals surface area (Å²) in [5, 5.41) is 0. The number of hydrogen-bond donors (Lipinski definition) is 0. The van der Waals surface area contributed by atoms with Crippen LogP contribution in [0.4, 0.5) is 5.69 Å². The lowest BCUT2D eigenvalue weighted by Gasteiger charge is -2.43. The van der Waals surface area contributed by atoms with Crippen LogP contribution in [0.3, 0.4) is 0 Å². The fourth-order valence-electron chi connectivity index (χ4n) is 4.58. The third-order valence-electron chi connectivity index (χ3n) is 5.85. The predicted octanol–water partition coefficient (Wildman–Crippen LogP) is 6.20. The summed E-state index contributed by atoms with van der Waals surface area (Å²) >= 11 is 3.73. The Kier molecular flexibility index (Phi) is 4.75. The molecule has 150 valence electrons. The highest BCUT2D eigenvalue weighted by atomic mass is 79.9. The number of para-hydroxylation sites is 1. The monoisotopic (exact) mass is 459 g/mol. The van der Waals surface area contributed by atoms with E-state index in [0.717, 1.165) is 39.8 Å². The number of ketones is 1. The number of benzene rings is 3. The zero-order valence-corrected chi connectivity index (χ0v) is 18.4. The van der Waals surface area contributed by atoms with Crippen LogP contribution in [0.2, 0.25) is 0 Å². The Bertz CT molecular complexity index is 1140. The topological polar surface area (TPSA) is 29.5 Å². The second-order valence-electron chi connectivity index (χ2n) is 7.75. The molecule has 3 aromatic rings. The molecule has 0 aliphatic carbocycles. The van der Waals surface area contributed by atoms with Gasteiger partial charge < -0.3 is 9.64 Å². The molecule has 0 fully saturated rings. The van der Waals surface area contributed by atoms with E-state index in [1.807, 2.05) is 66.7 Å². The Morgan fingerprint density at radius 3 is 2.40 bits per heavy atom. The first kappa shape index (κ1) is 19.1. The molecule has 5 rings (SSSR count). The van der Waals surface area contributed by atoms with Crippen molar-refractivity contribution in [2.45, 2.75) is 18.9 Å². The van der Waals surface area contributed by atoms with Gasteiger partial charge in [-0.1, -0.05) is 79.7 Å². The second kappa shape index (κ2) is 7.44. The highest BCUT2D eigenvalue weighted by Gasteiger charge is 2.58. The number of fused-ring (bicyclic) bond motifs is 2. The summed E-state index contributed by atoms with van der Waals surface area (Å²) in [4.78, 5) is 16.1. The molecule has 0 aromatic heterocycles. The minimum absolute atomic E-state index is 0.0324. The quantitative estimate of drug-likeness (QED) is 0.425. The first-order valence-corrected chi connectivity index (χ1v) is 11.1. The van der Waals surface area contributed by atoms with E-state index in [0.29, 0.717) is 17.9 Å². The molecule has 0 saturated carbocycles. The van der Waals surface area contributed by atoms with E-state index in [1.54, 1.807) is 0 Å². The summed E-state index contributed by atoms with van der Waals surface area (Å²) in [7, 11) is 0. The minimum atomic E-state index is -0.744. The molecule has 4 heteroatoms. The van der Waals surface area contributed by atoms with E-state index in [4.69, 9.17) is 4.74 Å². The Morgan fingerprint density at radius 1 is 1.00 bits per heavy atom. The molecule has 1 atom stereocenters. The van der Waals surface area contributed by atoms with E-state index in [9.17, 15) is 4.79 Å². The maximum Gasteiger partial charge on any atom is 0.197 e. The average Bonchev–Trinajstić information content (AvgIpc) is 3.11. The van der Waals surface area contributed by atoms with Gasteiger partial charge in [-0.3, -0.25) is 4.79 Å². The highest BCUT2D eigenvalue weighted by Crippen LogP contribution is 2.58. The van der Waals surface area contributed by atoms with Crippen LogP contribution >= 0.6 is 15.9 Å². The maximum absolute atomic E-state index is 13.8. The molecule has 0 N–H and O–H groups in total. The van der Waals surface area contributed by atoms with Crippen LogP contribution in [-0.2, 0) is 10.3 Å². The van der Waals surface area contributed by atoms with Crippen molar-refractivity contribution in [2.75, 3.05) is 18.0 Å². The van der Waals surface area contributed by atoms with E-state index in [-0.39, 0.29) is 5.78 Å².